The molecule has 0 saturated heterocycles. The number of hydrogen-bond acceptors (Lipinski definition) is 3. The SMILES string of the molecule is CCOC1CC(N)(C(=O)NC2CCCCCC2)C1(C)C. The number of hydrogen-bond donors (Lipinski definition) is 2. The minimum absolute atomic E-state index is 0.0188. The van der Waals surface area contributed by atoms with E-state index in [0.717, 1.165) is 12.8 Å². The van der Waals surface area contributed by atoms with Crippen LogP contribution in [0.25, 0.3) is 0 Å². The highest BCUT2D eigenvalue weighted by molar-refractivity contribution is 5.89. The molecular formula is C16H30N2O2. The second-order valence-electron chi connectivity index (χ2n) is 7.00. The first kappa shape index (κ1) is 15.8. The van der Waals surface area contributed by atoms with Gasteiger partial charge in [-0.3, -0.25) is 4.79 Å². The van der Waals surface area contributed by atoms with E-state index >= 15 is 0 Å². The molecule has 2 atom stereocenters. The molecule has 0 aliphatic heterocycles. The molecule has 0 heterocycles. The number of carbonyl (C=O) groups excluding carboxylic acids is 1. The van der Waals surface area contributed by atoms with E-state index in [0.29, 0.717) is 19.1 Å². The zero-order valence-corrected chi connectivity index (χ0v) is 13.2. The first-order valence-electron chi connectivity index (χ1n) is 8.13. The Morgan fingerprint density at radius 1 is 1.25 bits per heavy atom. The Labute approximate surface area is 122 Å². The van der Waals surface area contributed by atoms with Gasteiger partial charge >= 0.3 is 0 Å². The minimum Gasteiger partial charge on any atom is -0.378 e. The molecule has 0 aromatic rings. The summed E-state index contributed by atoms with van der Waals surface area (Å²) in [5.41, 5.74) is 5.34. The van der Waals surface area contributed by atoms with Gasteiger partial charge in [0.25, 0.3) is 0 Å². The Balaban J connectivity index is 1.95. The molecule has 0 aromatic heterocycles. The van der Waals surface area contributed by atoms with Gasteiger partial charge in [0.15, 0.2) is 0 Å². The van der Waals surface area contributed by atoms with Crippen LogP contribution < -0.4 is 11.1 Å². The zero-order chi connectivity index (χ0) is 14.8. The molecule has 0 bridgehead atoms. The van der Waals surface area contributed by atoms with E-state index in [-0.39, 0.29) is 17.4 Å². The van der Waals surface area contributed by atoms with E-state index in [2.05, 4.69) is 5.32 Å². The molecule has 2 fully saturated rings. The quantitative estimate of drug-likeness (QED) is 0.778. The Bertz CT molecular complexity index is 348. The van der Waals surface area contributed by atoms with Crippen LogP contribution in [-0.2, 0) is 9.53 Å². The van der Waals surface area contributed by atoms with Gasteiger partial charge in [-0.1, -0.05) is 39.5 Å². The van der Waals surface area contributed by atoms with Crippen molar-refractivity contribution in [3.63, 3.8) is 0 Å². The molecule has 0 spiro atoms. The topological polar surface area (TPSA) is 64.3 Å². The van der Waals surface area contributed by atoms with E-state index < -0.39 is 5.54 Å². The van der Waals surface area contributed by atoms with Crippen LogP contribution in [0.4, 0.5) is 0 Å². The average Bonchev–Trinajstić information content (AvgIpc) is 2.66. The van der Waals surface area contributed by atoms with Crippen LogP contribution in [-0.4, -0.2) is 30.2 Å². The number of ether oxygens (including phenoxy) is 1. The summed E-state index contributed by atoms with van der Waals surface area (Å²) in [6.45, 7) is 6.75. The molecule has 4 nitrogen and oxygen atoms in total. The van der Waals surface area contributed by atoms with Gasteiger partial charge in [-0.2, -0.15) is 0 Å². The first-order valence-corrected chi connectivity index (χ1v) is 8.13. The Kier molecular flexibility index (Phi) is 4.75. The van der Waals surface area contributed by atoms with Crippen molar-refractivity contribution < 1.29 is 9.53 Å². The van der Waals surface area contributed by atoms with Gasteiger partial charge in [-0.25, -0.2) is 0 Å². The molecule has 0 radical (unpaired) electrons. The minimum atomic E-state index is -0.779. The second-order valence-corrected chi connectivity index (χ2v) is 7.00. The maximum absolute atomic E-state index is 12.6. The smallest absolute Gasteiger partial charge is 0.241 e. The van der Waals surface area contributed by atoms with Crippen LogP contribution >= 0.6 is 0 Å². The number of nitrogens with two attached hydrogens (primary N) is 1. The van der Waals surface area contributed by atoms with Crippen molar-refractivity contribution in [2.75, 3.05) is 6.61 Å². The molecule has 2 saturated carbocycles. The highest BCUT2D eigenvalue weighted by Gasteiger charge is 2.62. The van der Waals surface area contributed by atoms with Crippen LogP contribution in [0.2, 0.25) is 0 Å². The van der Waals surface area contributed by atoms with Crippen molar-refractivity contribution in [1.29, 1.82) is 0 Å². The summed E-state index contributed by atoms with van der Waals surface area (Å²) >= 11 is 0. The van der Waals surface area contributed by atoms with Gasteiger partial charge in [-0.05, 0) is 19.8 Å². The molecular weight excluding hydrogens is 252 g/mol. The third kappa shape index (κ3) is 2.73. The summed E-state index contributed by atoms with van der Waals surface area (Å²) in [7, 11) is 0. The van der Waals surface area contributed by atoms with Crippen LogP contribution in [0, 0.1) is 5.41 Å². The van der Waals surface area contributed by atoms with Crippen molar-refractivity contribution in [1.82, 2.24) is 5.32 Å². The maximum atomic E-state index is 12.6. The lowest BCUT2D eigenvalue weighted by Gasteiger charge is -2.57. The summed E-state index contributed by atoms with van der Waals surface area (Å²) in [5.74, 6) is 0.0188. The lowest BCUT2D eigenvalue weighted by Crippen LogP contribution is -2.76. The highest BCUT2D eigenvalue weighted by atomic mass is 16.5. The zero-order valence-electron chi connectivity index (χ0n) is 13.2. The molecule has 2 aliphatic carbocycles. The van der Waals surface area contributed by atoms with E-state index in [1.807, 2.05) is 20.8 Å². The van der Waals surface area contributed by atoms with Gasteiger partial charge < -0.3 is 15.8 Å². The molecule has 4 heteroatoms. The van der Waals surface area contributed by atoms with Gasteiger partial charge in [0.05, 0.1) is 6.10 Å². The molecule has 20 heavy (non-hydrogen) atoms. The lowest BCUT2D eigenvalue weighted by atomic mass is 9.54. The van der Waals surface area contributed by atoms with Crippen molar-refractivity contribution in [2.45, 2.75) is 83.4 Å². The van der Waals surface area contributed by atoms with Crippen LogP contribution in [0.5, 0.6) is 0 Å². The number of carbonyl (C=O) groups is 1. The van der Waals surface area contributed by atoms with Crippen LogP contribution in [0.15, 0.2) is 0 Å². The van der Waals surface area contributed by atoms with Crippen LogP contribution in [0.1, 0.15) is 65.7 Å². The molecule has 2 unspecified atom stereocenters. The van der Waals surface area contributed by atoms with E-state index in [4.69, 9.17) is 10.5 Å². The summed E-state index contributed by atoms with van der Waals surface area (Å²) < 4.78 is 5.69. The molecule has 116 valence electrons. The van der Waals surface area contributed by atoms with Gasteiger partial charge in [0, 0.05) is 24.5 Å². The maximum Gasteiger partial charge on any atom is 0.241 e. The summed E-state index contributed by atoms with van der Waals surface area (Å²) in [6, 6.07) is 0.312. The largest absolute Gasteiger partial charge is 0.378 e. The van der Waals surface area contributed by atoms with Gasteiger partial charge in [-0.15, -0.1) is 0 Å². The summed E-state index contributed by atoms with van der Waals surface area (Å²) in [4.78, 5) is 12.6. The Hall–Kier alpha value is -0.610. The third-order valence-corrected chi connectivity index (χ3v) is 5.43. The summed E-state index contributed by atoms with van der Waals surface area (Å²) in [5, 5.41) is 3.20. The molecule has 2 aliphatic rings. The number of rotatable bonds is 4. The number of nitrogens with one attached hydrogen (secondary N) is 1. The predicted octanol–water partition coefficient (Wildman–Crippen LogP) is 2.36. The van der Waals surface area contributed by atoms with Crippen molar-refractivity contribution in [3.05, 3.63) is 0 Å². The highest BCUT2D eigenvalue weighted by Crippen LogP contribution is 2.49. The van der Waals surface area contributed by atoms with E-state index in [1.165, 1.54) is 25.7 Å². The summed E-state index contributed by atoms with van der Waals surface area (Å²) in [6.07, 6.45) is 7.93. The van der Waals surface area contributed by atoms with Crippen LogP contribution in [0.3, 0.4) is 0 Å². The monoisotopic (exact) mass is 282 g/mol. The molecule has 0 aromatic carbocycles. The van der Waals surface area contributed by atoms with Crippen molar-refractivity contribution in [2.24, 2.45) is 11.1 Å². The third-order valence-electron chi connectivity index (χ3n) is 5.43. The standard InChI is InChI=1S/C16H30N2O2/c1-4-20-13-11-16(17,15(13,2)3)14(19)18-12-9-7-5-6-8-10-12/h12-13H,4-11,17H2,1-3H3,(H,18,19). The average molecular weight is 282 g/mol. The predicted molar refractivity (Wildman–Crippen MR) is 80.4 cm³/mol. The fourth-order valence-corrected chi connectivity index (χ4v) is 3.56. The van der Waals surface area contributed by atoms with Gasteiger partial charge in [0.1, 0.15) is 5.54 Å². The first-order chi connectivity index (χ1) is 9.41. The molecule has 3 N–H and O–H groups in total. The molecule has 1 amide bonds. The number of amides is 1. The van der Waals surface area contributed by atoms with Gasteiger partial charge in [0.2, 0.25) is 5.91 Å². The Morgan fingerprint density at radius 3 is 2.35 bits per heavy atom. The van der Waals surface area contributed by atoms with Crippen molar-refractivity contribution in [3.8, 4) is 0 Å². The fraction of sp³-hybridized carbons (Fsp3) is 0.938. The van der Waals surface area contributed by atoms with Crippen molar-refractivity contribution >= 4 is 5.91 Å². The second kappa shape index (κ2) is 6.02. The molecule has 2 rings (SSSR count). The fourth-order valence-electron chi connectivity index (χ4n) is 3.56. The lowest BCUT2D eigenvalue weighted by molar-refractivity contribution is -0.171. The van der Waals surface area contributed by atoms with E-state index in [9.17, 15) is 4.79 Å². The van der Waals surface area contributed by atoms with E-state index in [1.54, 1.807) is 0 Å². The Morgan fingerprint density at radius 2 is 1.85 bits per heavy atom. The normalized spacial score (nSPS) is 34.1.